The fraction of sp³-hybridized carbons (Fsp3) is 0.630. The largest absolute Gasteiger partial charge is 0.461 e. The highest BCUT2D eigenvalue weighted by molar-refractivity contribution is 6.08. The van der Waals surface area contributed by atoms with E-state index in [4.69, 9.17) is 19.2 Å². The minimum Gasteiger partial charge on any atom is -0.461 e. The monoisotopic (exact) mass is 512 g/mol. The molecule has 1 unspecified atom stereocenters. The maximum Gasteiger partial charge on any atom is 0.302 e. The molecule has 7 aliphatic rings. The predicted molar refractivity (Wildman–Crippen MR) is 129 cm³/mol. The first kappa shape index (κ1) is 23.9. The van der Waals surface area contributed by atoms with Gasteiger partial charge in [0.2, 0.25) is 0 Å². The first-order valence-electron chi connectivity index (χ1n) is 13.1. The first-order valence-corrected chi connectivity index (χ1v) is 13.1. The molecule has 13 atom stereocenters. The van der Waals surface area contributed by atoms with Gasteiger partial charge in [0.15, 0.2) is 6.29 Å². The van der Waals surface area contributed by atoms with E-state index in [-0.39, 0.29) is 36.0 Å². The van der Waals surface area contributed by atoms with Crippen LogP contribution in [0.25, 0.3) is 0 Å². The van der Waals surface area contributed by atoms with E-state index >= 15 is 0 Å². The van der Waals surface area contributed by atoms with Gasteiger partial charge in [-0.2, -0.15) is 0 Å². The number of rotatable bonds is 4. The van der Waals surface area contributed by atoms with E-state index < -0.39 is 49.0 Å². The second-order valence-corrected chi connectivity index (χ2v) is 11.1. The van der Waals surface area contributed by atoms with Crippen LogP contribution < -0.4 is 0 Å². The number of fused-ring (bicyclic) bond motifs is 2. The van der Waals surface area contributed by atoms with E-state index in [0.29, 0.717) is 0 Å². The van der Waals surface area contributed by atoms with E-state index in [1.807, 2.05) is 31.2 Å². The van der Waals surface area contributed by atoms with Crippen LogP contribution in [0.1, 0.15) is 32.3 Å². The number of esters is 1. The summed E-state index contributed by atoms with van der Waals surface area (Å²) in [6.45, 7) is 2.89. The van der Waals surface area contributed by atoms with Gasteiger partial charge in [0.1, 0.15) is 36.7 Å². The van der Waals surface area contributed by atoms with Gasteiger partial charge in [-0.1, -0.05) is 24.3 Å². The van der Waals surface area contributed by atoms with E-state index in [9.17, 15) is 25.2 Å². The Hall–Kier alpha value is -2.18. The maximum absolute atomic E-state index is 12.4. The Morgan fingerprint density at radius 1 is 1.24 bits per heavy atom. The van der Waals surface area contributed by atoms with Crippen LogP contribution in [-0.2, 0) is 24.4 Å². The van der Waals surface area contributed by atoms with E-state index in [1.54, 1.807) is 0 Å². The number of aliphatic imine (C=N–C) groups is 1. The lowest BCUT2D eigenvalue weighted by Crippen LogP contribution is -2.70. The minimum atomic E-state index is -1.52. The third-order valence-electron chi connectivity index (χ3n) is 9.62. The second-order valence-electron chi connectivity index (χ2n) is 11.1. The average molecular weight is 513 g/mol. The number of piperidine rings is 4. The molecule has 6 fully saturated rings. The number of allylic oxidation sites excluding steroid dienone is 1. The zero-order chi connectivity index (χ0) is 25.8. The smallest absolute Gasteiger partial charge is 0.302 e. The number of hydrogen-bond donors (Lipinski definition) is 4. The molecule has 5 bridgehead atoms. The van der Waals surface area contributed by atoms with Crippen molar-refractivity contribution in [3.8, 4) is 0 Å². The fourth-order valence-corrected chi connectivity index (χ4v) is 8.32. The number of aliphatic hydroxyl groups is 4. The highest BCUT2D eigenvalue weighted by Gasteiger charge is 2.75. The Kier molecular flexibility index (Phi) is 5.27. The Labute approximate surface area is 214 Å². The van der Waals surface area contributed by atoms with Crippen molar-refractivity contribution in [3.05, 3.63) is 41.5 Å². The summed E-state index contributed by atoms with van der Waals surface area (Å²) in [5.41, 5.74) is 3.57. The molecular formula is C27H32N2O8. The van der Waals surface area contributed by atoms with Crippen molar-refractivity contribution >= 4 is 17.4 Å². The molecule has 1 aliphatic carbocycles. The summed E-state index contributed by atoms with van der Waals surface area (Å²) in [4.78, 5) is 19.8. The number of carbonyl (C=O) groups excluding carboxylic acids is 1. The van der Waals surface area contributed by atoms with Crippen LogP contribution in [0.2, 0.25) is 0 Å². The molecule has 198 valence electrons. The Balaban J connectivity index is 1.30. The lowest BCUT2D eigenvalue weighted by molar-refractivity contribution is -0.328. The zero-order valence-corrected chi connectivity index (χ0v) is 20.7. The van der Waals surface area contributed by atoms with Crippen LogP contribution >= 0.6 is 0 Å². The summed E-state index contributed by atoms with van der Waals surface area (Å²) in [6.07, 6.45) is -4.07. The molecule has 1 aromatic carbocycles. The summed E-state index contributed by atoms with van der Waals surface area (Å²) in [6, 6.07) is 8.10. The number of para-hydroxylation sites is 1. The van der Waals surface area contributed by atoms with Gasteiger partial charge in [-0.25, -0.2) is 0 Å². The van der Waals surface area contributed by atoms with Crippen LogP contribution in [0.4, 0.5) is 5.69 Å². The average Bonchev–Trinajstić information content (AvgIpc) is 3.36. The van der Waals surface area contributed by atoms with Gasteiger partial charge in [-0.3, -0.25) is 14.7 Å². The molecule has 1 saturated carbocycles. The Bertz CT molecular complexity index is 1200. The molecule has 0 aromatic heterocycles. The third kappa shape index (κ3) is 2.95. The van der Waals surface area contributed by atoms with Gasteiger partial charge >= 0.3 is 5.97 Å². The molecule has 10 nitrogen and oxygen atoms in total. The van der Waals surface area contributed by atoms with E-state index in [2.05, 4.69) is 11.0 Å². The van der Waals surface area contributed by atoms with Gasteiger partial charge in [0, 0.05) is 18.9 Å². The summed E-state index contributed by atoms with van der Waals surface area (Å²) < 4.78 is 18.3. The zero-order valence-electron chi connectivity index (χ0n) is 20.7. The fourth-order valence-electron chi connectivity index (χ4n) is 8.32. The first-order chi connectivity index (χ1) is 17.8. The normalized spacial score (nSPS) is 49.7. The Morgan fingerprint density at radius 2 is 2.03 bits per heavy atom. The third-order valence-corrected chi connectivity index (χ3v) is 9.62. The van der Waals surface area contributed by atoms with Crippen molar-refractivity contribution in [1.82, 2.24) is 4.90 Å². The highest BCUT2D eigenvalue weighted by atomic mass is 16.7. The molecule has 0 amide bonds. The molecule has 6 heterocycles. The summed E-state index contributed by atoms with van der Waals surface area (Å²) in [5, 5.41) is 40.9. The van der Waals surface area contributed by atoms with Gasteiger partial charge in [-0.15, -0.1) is 0 Å². The van der Waals surface area contributed by atoms with Crippen molar-refractivity contribution in [2.45, 2.75) is 87.2 Å². The van der Waals surface area contributed by atoms with Gasteiger partial charge in [-0.05, 0) is 42.9 Å². The molecule has 6 aliphatic heterocycles. The van der Waals surface area contributed by atoms with Crippen molar-refractivity contribution < 1.29 is 39.4 Å². The van der Waals surface area contributed by atoms with Gasteiger partial charge < -0.3 is 34.6 Å². The summed E-state index contributed by atoms with van der Waals surface area (Å²) in [7, 11) is 0. The maximum atomic E-state index is 12.4. The van der Waals surface area contributed by atoms with Crippen molar-refractivity contribution in [2.75, 3.05) is 6.61 Å². The van der Waals surface area contributed by atoms with Crippen LogP contribution in [-0.4, -0.2) is 98.7 Å². The number of benzene rings is 1. The molecule has 0 radical (unpaired) electrons. The molecule has 5 saturated heterocycles. The standard InChI is InChI=1S/C27H32N2O8/c1-3-12-13-8-16-23-27(14-6-4-5-7-15(14)28-23)9-17(19(13)24(27)35-11(2)31)29(16)25(12)37-26-22(34)21(33)20(32)18(10-30)36-26/h3-7,13,16-22,24-26,30,32-34H,8-10H2,1-2H3/b12-3+/t13-,16-,17-,18+,19-,20+,21-,22+,24+,25-,26-,27+/m0/s1. The lowest BCUT2D eigenvalue weighted by Gasteiger charge is -2.59. The van der Waals surface area contributed by atoms with E-state index in [0.717, 1.165) is 35.4 Å². The van der Waals surface area contributed by atoms with Crippen LogP contribution in [0.3, 0.4) is 0 Å². The molecular weight excluding hydrogens is 480 g/mol. The van der Waals surface area contributed by atoms with Crippen LogP contribution in [0, 0.1) is 11.8 Å². The van der Waals surface area contributed by atoms with Crippen LogP contribution in [0.5, 0.6) is 0 Å². The van der Waals surface area contributed by atoms with Gasteiger partial charge in [0.25, 0.3) is 0 Å². The molecule has 37 heavy (non-hydrogen) atoms. The molecule has 4 N–H and O–H groups in total. The van der Waals surface area contributed by atoms with E-state index in [1.165, 1.54) is 6.92 Å². The lowest BCUT2D eigenvalue weighted by atomic mass is 9.66. The SMILES string of the molecule is C/C=C1\[C@@H]2C[C@H]3C4=Nc5ccccc5[C@]45C[C@@H]([C@H]2[C@H]5OC(C)=O)N3[C@H]1O[C@@H]1O[C@H](CO)[C@@H](O)[C@H](O)[C@H]1O. The predicted octanol–water partition coefficient (Wildman–Crippen LogP) is 0.137. The van der Waals surface area contributed by atoms with Gasteiger partial charge in [0.05, 0.1) is 29.5 Å². The highest BCUT2D eigenvalue weighted by Crippen LogP contribution is 2.67. The molecule has 8 rings (SSSR count). The molecule has 1 aromatic rings. The molecule has 10 heteroatoms. The number of carbonyl (C=O) groups is 1. The van der Waals surface area contributed by atoms with Crippen molar-refractivity contribution in [1.29, 1.82) is 0 Å². The number of nitrogens with zero attached hydrogens (tertiary/aromatic N) is 2. The number of aliphatic hydroxyl groups excluding tert-OH is 4. The minimum absolute atomic E-state index is 0.0495. The van der Waals surface area contributed by atoms with Crippen LogP contribution in [0.15, 0.2) is 40.9 Å². The Morgan fingerprint density at radius 3 is 2.76 bits per heavy atom. The summed E-state index contributed by atoms with van der Waals surface area (Å²) in [5.74, 6) is -0.176. The van der Waals surface area contributed by atoms with Crippen molar-refractivity contribution in [3.63, 3.8) is 0 Å². The second kappa shape index (κ2) is 8.16. The number of ether oxygens (including phenoxy) is 3. The number of hydrogen-bond acceptors (Lipinski definition) is 10. The quantitative estimate of drug-likeness (QED) is 0.327. The topological polar surface area (TPSA) is 141 Å². The molecule has 1 spiro atoms. The summed E-state index contributed by atoms with van der Waals surface area (Å²) >= 11 is 0. The van der Waals surface area contributed by atoms with Crippen molar-refractivity contribution in [2.24, 2.45) is 16.8 Å².